The van der Waals surface area contributed by atoms with E-state index in [-0.39, 0.29) is 17.8 Å². The van der Waals surface area contributed by atoms with Crippen molar-refractivity contribution in [2.45, 2.75) is 39.3 Å². The molecule has 0 saturated carbocycles. The summed E-state index contributed by atoms with van der Waals surface area (Å²) in [5, 5.41) is 0.960. The molecule has 146 valence electrons. The van der Waals surface area contributed by atoms with Crippen LogP contribution in [0, 0.1) is 19.7 Å². The molecule has 5 heteroatoms. The van der Waals surface area contributed by atoms with Crippen LogP contribution >= 0.6 is 0 Å². The molecule has 1 aliphatic rings. The summed E-state index contributed by atoms with van der Waals surface area (Å²) in [6.07, 6.45) is 1.97. The maximum Gasteiger partial charge on any atom is 0.290 e. The van der Waals surface area contributed by atoms with E-state index in [0.717, 1.165) is 41.5 Å². The predicted octanol–water partition coefficient (Wildman–Crippen LogP) is 5.01. The molecule has 1 unspecified atom stereocenters. The molecule has 0 N–H and O–H groups in total. The maximum atomic E-state index is 13.4. The first-order valence-corrected chi connectivity index (χ1v) is 9.66. The SMILES string of the molecule is Cc1ccc2oc(C(=O)N(Cc3ccc(F)cc3)CC3CCCO3)c(C)c2c1. The number of halogens is 1. The summed E-state index contributed by atoms with van der Waals surface area (Å²) in [6.45, 7) is 5.54. The Morgan fingerprint density at radius 1 is 1.18 bits per heavy atom. The van der Waals surface area contributed by atoms with Crippen LogP contribution in [0.4, 0.5) is 4.39 Å². The Balaban J connectivity index is 1.65. The van der Waals surface area contributed by atoms with E-state index >= 15 is 0 Å². The third-order valence-corrected chi connectivity index (χ3v) is 5.31. The summed E-state index contributed by atoms with van der Waals surface area (Å²) in [7, 11) is 0. The number of fused-ring (bicyclic) bond motifs is 1. The van der Waals surface area contributed by atoms with Gasteiger partial charge in [-0.15, -0.1) is 0 Å². The van der Waals surface area contributed by atoms with Gasteiger partial charge in [0.15, 0.2) is 5.76 Å². The van der Waals surface area contributed by atoms with Crippen molar-refractivity contribution >= 4 is 16.9 Å². The van der Waals surface area contributed by atoms with Gasteiger partial charge in [0.25, 0.3) is 5.91 Å². The minimum Gasteiger partial charge on any atom is -0.451 e. The van der Waals surface area contributed by atoms with Crippen molar-refractivity contribution in [2.75, 3.05) is 13.2 Å². The van der Waals surface area contributed by atoms with Crippen molar-refractivity contribution < 1.29 is 18.3 Å². The van der Waals surface area contributed by atoms with Crippen LogP contribution in [0.3, 0.4) is 0 Å². The zero-order chi connectivity index (χ0) is 19.7. The monoisotopic (exact) mass is 381 g/mol. The van der Waals surface area contributed by atoms with E-state index in [2.05, 4.69) is 0 Å². The zero-order valence-electron chi connectivity index (χ0n) is 16.2. The molecule has 28 heavy (non-hydrogen) atoms. The van der Waals surface area contributed by atoms with Crippen molar-refractivity contribution in [3.05, 3.63) is 70.7 Å². The number of nitrogens with zero attached hydrogens (tertiary/aromatic N) is 1. The van der Waals surface area contributed by atoms with E-state index in [1.165, 1.54) is 12.1 Å². The molecule has 2 aromatic carbocycles. The fourth-order valence-corrected chi connectivity index (χ4v) is 3.75. The van der Waals surface area contributed by atoms with Crippen molar-refractivity contribution in [2.24, 2.45) is 0 Å². The second-order valence-electron chi connectivity index (χ2n) is 7.50. The van der Waals surface area contributed by atoms with Crippen LogP contribution in [0.15, 0.2) is 46.9 Å². The Hall–Kier alpha value is -2.66. The van der Waals surface area contributed by atoms with Crippen molar-refractivity contribution in [1.82, 2.24) is 4.90 Å². The van der Waals surface area contributed by atoms with Crippen LogP contribution in [0.5, 0.6) is 0 Å². The number of amides is 1. The molecule has 1 aromatic heterocycles. The van der Waals surface area contributed by atoms with Crippen LogP contribution in [0.1, 0.15) is 40.1 Å². The first-order valence-electron chi connectivity index (χ1n) is 9.66. The molecule has 0 spiro atoms. The fraction of sp³-hybridized carbons (Fsp3) is 0.348. The number of furan rings is 1. The molecule has 4 nitrogen and oxygen atoms in total. The number of ether oxygens (including phenoxy) is 1. The highest BCUT2D eigenvalue weighted by Gasteiger charge is 2.27. The fourth-order valence-electron chi connectivity index (χ4n) is 3.75. The quantitative estimate of drug-likeness (QED) is 0.624. The van der Waals surface area contributed by atoms with E-state index < -0.39 is 0 Å². The first-order chi connectivity index (χ1) is 13.5. The van der Waals surface area contributed by atoms with E-state index in [0.29, 0.717) is 24.4 Å². The first kappa shape index (κ1) is 18.7. The molecule has 1 fully saturated rings. The van der Waals surface area contributed by atoms with E-state index in [9.17, 15) is 9.18 Å². The summed E-state index contributed by atoms with van der Waals surface area (Å²) in [5.74, 6) is -0.0869. The number of hydrogen-bond donors (Lipinski definition) is 0. The van der Waals surface area contributed by atoms with Crippen molar-refractivity contribution in [3.63, 3.8) is 0 Å². The standard InChI is InChI=1S/C23H24FNO3/c1-15-5-10-21-20(12-15)16(2)22(28-21)23(26)25(14-19-4-3-11-27-19)13-17-6-8-18(24)9-7-17/h5-10,12,19H,3-4,11,13-14H2,1-2H3. The van der Waals surface area contributed by atoms with Crippen LogP contribution in [-0.2, 0) is 11.3 Å². The smallest absolute Gasteiger partial charge is 0.290 e. The molecule has 1 aliphatic heterocycles. The summed E-state index contributed by atoms with van der Waals surface area (Å²) >= 11 is 0. The van der Waals surface area contributed by atoms with Crippen molar-refractivity contribution in [1.29, 1.82) is 0 Å². The molecule has 0 bridgehead atoms. The van der Waals surface area contributed by atoms with Gasteiger partial charge in [0.2, 0.25) is 0 Å². The van der Waals surface area contributed by atoms with Gasteiger partial charge in [-0.2, -0.15) is 0 Å². The number of rotatable bonds is 5. The number of carbonyl (C=O) groups is 1. The molecule has 0 aliphatic carbocycles. The molecule has 0 radical (unpaired) electrons. The highest BCUT2D eigenvalue weighted by Crippen LogP contribution is 2.28. The Kier molecular flexibility index (Phi) is 5.18. The number of hydrogen-bond acceptors (Lipinski definition) is 3. The van der Waals surface area contributed by atoms with E-state index in [1.807, 2.05) is 32.0 Å². The third kappa shape index (κ3) is 3.80. The molecule has 2 heterocycles. The van der Waals surface area contributed by atoms with E-state index in [4.69, 9.17) is 9.15 Å². The number of carbonyl (C=O) groups excluding carboxylic acids is 1. The van der Waals surface area contributed by atoms with Gasteiger partial charge in [-0.25, -0.2) is 4.39 Å². The molecule has 4 rings (SSSR count). The minimum absolute atomic E-state index is 0.0244. The molecule has 1 saturated heterocycles. The van der Waals surface area contributed by atoms with Crippen molar-refractivity contribution in [3.8, 4) is 0 Å². The zero-order valence-corrected chi connectivity index (χ0v) is 16.2. The number of aryl methyl sites for hydroxylation is 2. The van der Waals surface area contributed by atoms with Gasteiger partial charge in [0.1, 0.15) is 11.4 Å². The highest BCUT2D eigenvalue weighted by molar-refractivity contribution is 5.99. The van der Waals surface area contributed by atoms with Crippen LogP contribution in [-0.4, -0.2) is 30.1 Å². The lowest BCUT2D eigenvalue weighted by Crippen LogP contribution is -2.37. The largest absolute Gasteiger partial charge is 0.451 e. The number of benzene rings is 2. The Morgan fingerprint density at radius 3 is 2.68 bits per heavy atom. The Labute approximate surface area is 163 Å². The second-order valence-corrected chi connectivity index (χ2v) is 7.50. The van der Waals surface area contributed by atoms with Gasteiger partial charge in [-0.05, 0) is 56.5 Å². The minimum atomic E-state index is -0.288. The van der Waals surface area contributed by atoms with Gasteiger partial charge in [-0.1, -0.05) is 23.8 Å². The van der Waals surface area contributed by atoms with Gasteiger partial charge in [0.05, 0.1) is 6.10 Å². The lowest BCUT2D eigenvalue weighted by Gasteiger charge is -2.25. The van der Waals surface area contributed by atoms with Gasteiger partial charge in [0, 0.05) is 30.6 Å². The van der Waals surface area contributed by atoms with E-state index in [1.54, 1.807) is 17.0 Å². The third-order valence-electron chi connectivity index (χ3n) is 5.31. The maximum absolute atomic E-state index is 13.4. The van der Waals surface area contributed by atoms with Crippen LogP contribution in [0.25, 0.3) is 11.0 Å². The molecule has 1 atom stereocenters. The summed E-state index contributed by atoms with van der Waals surface area (Å²) < 4.78 is 24.9. The average molecular weight is 381 g/mol. The molecule has 3 aromatic rings. The van der Waals surface area contributed by atoms with Gasteiger partial charge >= 0.3 is 0 Å². The lowest BCUT2D eigenvalue weighted by atomic mass is 10.1. The van der Waals surface area contributed by atoms with Crippen LogP contribution in [0.2, 0.25) is 0 Å². The molecule has 1 amide bonds. The van der Waals surface area contributed by atoms with Crippen LogP contribution < -0.4 is 0 Å². The molecular weight excluding hydrogens is 357 g/mol. The lowest BCUT2D eigenvalue weighted by molar-refractivity contribution is 0.0485. The Morgan fingerprint density at radius 2 is 1.96 bits per heavy atom. The van der Waals surface area contributed by atoms with Gasteiger partial charge in [-0.3, -0.25) is 4.79 Å². The van der Waals surface area contributed by atoms with Gasteiger partial charge < -0.3 is 14.1 Å². The topological polar surface area (TPSA) is 42.7 Å². The average Bonchev–Trinajstić information content (AvgIpc) is 3.31. The summed E-state index contributed by atoms with van der Waals surface area (Å²) in [4.78, 5) is 15.1. The highest BCUT2D eigenvalue weighted by atomic mass is 19.1. The summed E-state index contributed by atoms with van der Waals surface area (Å²) in [6, 6.07) is 12.2. The second kappa shape index (κ2) is 7.76. The predicted molar refractivity (Wildman–Crippen MR) is 106 cm³/mol. The normalized spacial score (nSPS) is 16.6. The Bertz CT molecular complexity index is 987. The summed E-state index contributed by atoms with van der Waals surface area (Å²) in [5.41, 5.74) is 3.56. The molecular formula is C23H24FNO3.